The highest BCUT2D eigenvalue weighted by Crippen LogP contribution is 2.36. The van der Waals surface area contributed by atoms with Gasteiger partial charge < -0.3 is 0 Å². The van der Waals surface area contributed by atoms with E-state index in [9.17, 15) is 39.5 Å². The third-order valence-corrected chi connectivity index (χ3v) is 2.62. The Balaban J connectivity index is 2.64. The Kier molecular flexibility index (Phi) is 3.81. The molecule has 2 rings (SSSR count). The number of hydrogen-bond donors (Lipinski definition) is 0. The summed E-state index contributed by atoms with van der Waals surface area (Å²) in [5.41, 5.74) is -2.03. The highest BCUT2D eigenvalue weighted by Gasteiger charge is 2.45. The van der Waals surface area contributed by atoms with Crippen LogP contribution in [0.25, 0.3) is 5.69 Å². The lowest BCUT2D eigenvalue weighted by atomic mass is 10.2. The lowest BCUT2D eigenvalue weighted by Crippen LogP contribution is -2.19. The van der Waals surface area contributed by atoms with Crippen LogP contribution < -0.4 is 0 Å². The minimum absolute atomic E-state index is 0.357. The number of alkyl halides is 9. The van der Waals surface area contributed by atoms with Crippen molar-refractivity contribution in [1.82, 2.24) is 14.8 Å². The first-order valence-corrected chi connectivity index (χ1v) is 5.59. The van der Waals surface area contributed by atoms with Gasteiger partial charge in [-0.25, -0.2) is 0 Å². The summed E-state index contributed by atoms with van der Waals surface area (Å²) in [6.45, 7) is 0. The molecule has 1 aromatic heterocycles. The monoisotopic (exact) mass is 349 g/mol. The highest BCUT2D eigenvalue weighted by molar-refractivity contribution is 5.38. The van der Waals surface area contributed by atoms with Crippen molar-refractivity contribution in [3.8, 4) is 5.69 Å². The second-order valence-electron chi connectivity index (χ2n) is 4.22. The van der Waals surface area contributed by atoms with Gasteiger partial charge in [0.25, 0.3) is 0 Å². The maximum absolute atomic E-state index is 12.7. The Morgan fingerprint density at radius 2 is 1.00 bits per heavy atom. The van der Waals surface area contributed by atoms with Gasteiger partial charge in [-0.1, -0.05) is 0 Å². The first-order chi connectivity index (χ1) is 10.3. The lowest BCUT2D eigenvalue weighted by molar-refractivity contribution is -0.153. The van der Waals surface area contributed by atoms with Gasteiger partial charge in [0.2, 0.25) is 11.6 Å². The van der Waals surface area contributed by atoms with Crippen LogP contribution in [-0.4, -0.2) is 14.8 Å². The summed E-state index contributed by atoms with van der Waals surface area (Å²) in [6.07, 6.45) is -15.3. The molecule has 126 valence electrons. The second kappa shape index (κ2) is 5.13. The molecule has 0 aliphatic carbocycles. The molecule has 0 fully saturated rings. The van der Waals surface area contributed by atoms with Crippen LogP contribution in [0, 0.1) is 0 Å². The third kappa shape index (κ3) is 3.40. The van der Waals surface area contributed by atoms with Gasteiger partial charge in [0, 0.05) is 5.69 Å². The summed E-state index contributed by atoms with van der Waals surface area (Å²) >= 11 is 0. The van der Waals surface area contributed by atoms with Gasteiger partial charge in [0.05, 0.1) is 5.56 Å². The maximum atomic E-state index is 12.7. The molecule has 0 aliphatic heterocycles. The molecular formula is C11H4F9N3. The summed E-state index contributed by atoms with van der Waals surface area (Å²) in [6, 6.07) is 1.65. The Labute approximate surface area is 121 Å². The van der Waals surface area contributed by atoms with Crippen molar-refractivity contribution in [1.29, 1.82) is 0 Å². The van der Waals surface area contributed by atoms with E-state index in [-0.39, 0.29) is 4.57 Å². The van der Waals surface area contributed by atoms with Gasteiger partial charge in [-0.2, -0.15) is 39.5 Å². The molecule has 12 heteroatoms. The van der Waals surface area contributed by atoms with Gasteiger partial charge in [-0.15, -0.1) is 10.2 Å². The molecule has 0 radical (unpaired) electrons. The number of benzene rings is 1. The van der Waals surface area contributed by atoms with Crippen molar-refractivity contribution in [2.24, 2.45) is 0 Å². The summed E-state index contributed by atoms with van der Waals surface area (Å²) in [5.74, 6) is -3.99. The molecule has 0 spiro atoms. The van der Waals surface area contributed by atoms with Crippen molar-refractivity contribution in [2.75, 3.05) is 0 Å². The van der Waals surface area contributed by atoms with Crippen LogP contribution in [0.2, 0.25) is 0 Å². The molecule has 0 bridgehead atoms. The Bertz CT molecular complexity index is 660. The van der Waals surface area contributed by atoms with Gasteiger partial charge in [0.15, 0.2) is 0 Å². The first kappa shape index (κ1) is 17.1. The van der Waals surface area contributed by atoms with Crippen LogP contribution in [0.4, 0.5) is 39.5 Å². The molecule has 0 unspecified atom stereocenters. The largest absolute Gasteiger partial charge is 0.452 e. The van der Waals surface area contributed by atoms with E-state index in [2.05, 4.69) is 10.2 Å². The summed E-state index contributed by atoms with van der Waals surface area (Å²) in [5, 5.41) is 4.89. The SMILES string of the molecule is FC(F)(F)c1ccc(-n2c(C(F)(F)F)nnc2C(F)(F)F)cc1. The van der Waals surface area contributed by atoms with Gasteiger partial charge >= 0.3 is 18.5 Å². The average Bonchev–Trinajstić information content (AvgIpc) is 2.82. The fourth-order valence-corrected chi connectivity index (χ4v) is 1.70. The number of rotatable bonds is 1. The van der Waals surface area contributed by atoms with E-state index >= 15 is 0 Å². The fraction of sp³-hybridized carbons (Fsp3) is 0.273. The van der Waals surface area contributed by atoms with Crippen LogP contribution in [0.15, 0.2) is 24.3 Å². The van der Waals surface area contributed by atoms with E-state index in [1.807, 2.05) is 0 Å². The topological polar surface area (TPSA) is 30.7 Å². The normalized spacial score (nSPS) is 13.4. The van der Waals surface area contributed by atoms with Crippen molar-refractivity contribution >= 4 is 0 Å². The van der Waals surface area contributed by atoms with Crippen LogP contribution in [0.5, 0.6) is 0 Å². The molecule has 1 aromatic carbocycles. The average molecular weight is 349 g/mol. The van der Waals surface area contributed by atoms with Crippen molar-refractivity contribution in [3.63, 3.8) is 0 Å². The van der Waals surface area contributed by atoms with Crippen molar-refractivity contribution in [3.05, 3.63) is 41.5 Å². The minimum atomic E-state index is -5.28. The van der Waals surface area contributed by atoms with E-state index in [1.54, 1.807) is 0 Å². The molecule has 0 saturated heterocycles. The molecule has 2 aromatic rings. The van der Waals surface area contributed by atoms with E-state index < -0.39 is 41.4 Å². The minimum Gasteiger partial charge on any atom is -0.268 e. The molecule has 23 heavy (non-hydrogen) atoms. The molecule has 0 saturated carbocycles. The quantitative estimate of drug-likeness (QED) is 0.718. The maximum Gasteiger partial charge on any atom is 0.452 e. The fourth-order valence-electron chi connectivity index (χ4n) is 1.70. The van der Waals surface area contributed by atoms with Gasteiger partial charge in [-0.05, 0) is 24.3 Å². The predicted molar refractivity (Wildman–Crippen MR) is 56.4 cm³/mol. The van der Waals surface area contributed by atoms with Crippen LogP contribution in [-0.2, 0) is 18.5 Å². The van der Waals surface area contributed by atoms with E-state index in [0.29, 0.717) is 24.3 Å². The van der Waals surface area contributed by atoms with E-state index in [1.165, 1.54) is 0 Å². The zero-order chi connectivity index (χ0) is 17.6. The van der Waals surface area contributed by atoms with E-state index in [4.69, 9.17) is 0 Å². The number of hydrogen-bond acceptors (Lipinski definition) is 2. The molecular weight excluding hydrogens is 345 g/mol. The molecule has 0 aliphatic rings. The van der Waals surface area contributed by atoms with E-state index in [0.717, 1.165) is 0 Å². The van der Waals surface area contributed by atoms with Crippen LogP contribution in [0.1, 0.15) is 17.2 Å². The second-order valence-corrected chi connectivity index (χ2v) is 4.22. The zero-order valence-corrected chi connectivity index (χ0v) is 10.6. The standard InChI is InChI=1S/C11H4F9N3/c12-9(13,14)5-1-3-6(4-2-5)23-7(10(15,16)17)21-22-8(23)11(18,19)20/h1-4H. The lowest BCUT2D eigenvalue weighted by Gasteiger charge is -2.14. The van der Waals surface area contributed by atoms with Gasteiger partial charge in [-0.3, -0.25) is 4.57 Å². The molecule has 1 heterocycles. The molecule has 0 atom stereocenters. The predicted octanol–water partition coefficient (Wildman–Crippen LogP) is 4.32. The summed E-state index contributed by atoms with van der Waals surface area (Å²) in [7, 11) is 0. The molecule has 0 amide bonds. The number of halogens is 9. The highest BCUT2D eigenvalue weighted by atomic mass is 19.4. The zero-order valence-electron chi connectivity index (χ0n) is 10.6. The number of aromatic nitrogens is 3. The smallest absolute Gasteiger partial charge is 0.268 e. The van der Waals surface area contributed by atoms with Crippen molar-refractivity contribution in [2.45, 2.75) is 18.5 Å². The molecule has 3 nitrogen and oxygen atoms in total. The Hall–Kier alpha value is -2.27. The third-order valence-electron chi connectivity index (χ3n) is 2.62. The molecule has 0 N–H and O–H groups in total. The summed E-state index contributed by atoms with van der Waals surface area (Å²) in [4.78, 5) is 0. The van der Waals surface area contributed by atoms with Gasteiger partial charge in [0.1, 0.15) is 0 Å². The Morgan fingerprint density at radius 3 is 1.30 bits per heavy atom. The summed E-state index contributed by atoms with van der Waals surface area (Å²) < 4.78 is 113. The van der Waals surface area contributed by atoms with Crippen LogP contribution >= 0.6 is 0 Å². The Morgan fingerprint density at radius 1 is 0.609 bits per heavy atom. The van der Waals surface area contributed by atoms with Crippen molar-refractivity contribution < 1.29 is 39.5 Å². The number of nitrogens with zero attached hydrogens (tertiary/aromatic N) is 3. The first-order valence-electron chi connectivity index (χ1n) is 5.59. The van der Waals surface area contributed by atoms with Crippen LogP contribution in [0.3, 0.4) is 0 Å².